The molecule has 0 aliphatic carbocycles. The first-order valence-electron chi connectivity index (χ1n) is 5.62. The second-order valence-electron chi connectivity index (χ2n) is 7.52. The Kier molecular flexibility index (Phi) is 5.19. The number of nitrogens with zero attached hydrogens (tertiary/aromatic N) is 1. The average Bonchev–Trinajstić information content (AvgIpc) is 1.77. The SMILES string of the molecule is CC(C)(C)[N+](C)(C(C)(C)C)C(C)(C)C.[Br-]. The summed E-state index contributed by atoms with van der Waals surface area (Å²) < 4.78 is 1.06. The Balaban J connectivity index is 0. The lowest BCUT2D eigenvalue weighted by Crippen LogP contribution is -3.00. The third-order valence-electron chi connectivity index (χ3n) is 4.02. The molecule has 0 atom stereocenters. The maximum absolute atomic E-state index is 2.38. The van der Waals surface area contributed by atoms with Crippen molar-refractivity contribution in [1.29, 1.82) is 0 Å². The van der Waals surface area contributed by atoms with Crippen molar-refractivity contribution in [1.82, 2.24) is 0 Å². The van der Waals surface area contributed by atoms with E-state index in [-0.39, 0.29) is 33.6 Å². The minimum absolute atomic E-state index is 0. The van der Waals surface area contributed by atoms with Crippen molar-refractivity contribution in [3.05, 3.63) is 0 Å². The van der Waals surface area contributed by atoms with Crippen molar-refractivity contribution >= 4 is 0 Å². The van der Waals surface area contributed by atoms with E-state index in [9.17, 15) is 0 Å². The molecule has 0 saturated heterocycles. The smallest absolute Gasteiger partial charge is 0.0912 e. The molecule has 0 bridgehead atoms. The highest BCUT2D eigenvalue weighted by Gasteiger charge is 2.52. The van der Waals surface area contributed by atoms with Crippen LogP contribution in [-0.2, 0) is 0 Å². The monoisotopic (exact) mass is 279 g/mol. The van der Waals surface area contributed by atoms with Crippen molar-refractivity contribution in [3.63, 3.8) is 0 Å². The Morgan fingerprint density at radius 2 is 0.667 bits per heavy atom. The van der Waals surface area contributed by atoms with Gasteiger partial charge in [0.1, 0.15) is 0 Å². The van der Waals surface area contributed by atoms with Gasteiger partial charge in [0, 0.05) is 0 Å². The molecule has 0 spiro atoms. The Morgan fingerprint density at radius 1 is 0.533 bits per heavy atom. The Morgan fingerprint density at radius 3 is 0.667 bits per heavy atom. The van der Waals surface area contributed by atoms with Crippen molar-refractivity contribution in [2.75, 3.05) is 7.05 Å². The van der Waals surface area contributed by atoms with Crippen LogP contribution in [0.2, 0.25) is 0 Å². The molecule has 0 fully saturated rings. The van der Waals surface area contributed by atoms with Crippen LogP contribution in [0.5, 0.6) is 0 Å². The molecule has 0 aromatic heterocycles. The van der Waals surface area contributed by atoms with Gasteiger partial charge >= 0.3 is 0 Å². The molecule has 94 valence electrons. The normalized spacial score (nSPS) is 14.8. The molecule has 0 amide bonds. The zero-order valence-electron chi connectivity index (χ0n) is 12.3. The molecule has 15 heavy (non-hydrogen) atoms. The van der Waals surface area contributed by atoms with Crippen LogP contribution < -0.4 is 17.0 Å². The number of halogens is 1. The molecule has 0 radical (unpaired) electrons. The summed E-state index contributed by atoms with van der Waals surface area (Å²) in [5.41, 5.74) is 0.781. The van der Waals surface area contributed by atoms with Gasteiger partial charge in [0.05, 0.1) is 23.7 Å². The summed E-state index contributed by atoms with van der Waals surface area (Å²) in [6, 6.07) is 0. The predicted molar refractivity (Wildman–Crippen MR) is 65.4 cm³/mol. The van der Waals surface area contributed by atoms with E-state index in [0.717, 1.165) is 4.48 Å². The topological polar surface area (TPSA) is 0 Å². The summed E-state index contributed by atoms with van der Waals surface area (Å²) >= 11 is 0. The van der Waals surface area contributed by atoms with E-state index < -0.39 is 0 Å². The highest BCUT2D eigenvalue weighted by molar-refractivity contribution is 4.80. The second-order valence-corrected chi connectivity index (χ2v) is 7.52. The molecule has 0 aliphatic rings. The third kappa shape index (κ3) is 2.97. The van der Waals surface area contributed by atoms with Gasteiger partial charge in [0.2, 0.25) is 0 Å². The summed E-state index contributed by atoms with van der Waals surface area (Å²) in [5, 5.41) is 0. The number of hydrogen-bond donors (Lipinski definition) is 0. The first-order valence-corrected chi connectivity index (χ1v) is 5.62. The summed E-state index contributed by atoms with van der Waals surface area (Å²) in [4.78, 5) is 0. The van der Waals surface area contributed by atoms with E-state index in [1.807, 2.05) is 0 Å². The van der Waals surface area contributed by atoms with Crippen molar-refractivity contribution in [2.45, 2.75) is 78.9 Å². The minimum Gasteiger partial charge on any atom is -1.00 e. The molecule has 0 N–H and O–H groups in total. The molecule has 0 rings (SSSR count). The van der Waals surface area contributed by atoms with Gasteiger partial charge in [-0.15, -0.1) is 0 Å². The first kappa shape index (κ1) is 17.8. The van der Waals surface area contributed by atoms with E-state index in [4.69, 9.17) is 0 Å². The highest BCUT2D eigenvalue weighted by atomic mass is 79.9. The van der Waals surface area contributed by atoms with Crippen molar-refractivity contribution in [2.24, 2.45) is 0 Å². The van der Waals surface area contributed by atoms with Gasteiger partial charge in [-0.3, -0.25) is 0 Å². The standard InChI is InChI=1S/C13H30N.BrH/c1-11(2,3)14(10,12(4,5)6)13(7,8)9;/h1-10H3;1H/q+1;/p-1. The molecule has 0 aromatic carbocycles. The average molecular weight is 280 g/mol. The summed E-state index contributed by atoms with van der Waals surface area (Å²) in [5.74, 6) is 0. The van der Waals surface area contributed by atoms with Crippen LogP contribution in [-0.4, -0.2) is 28.1 Å². The first-order chi connectivity index (χ1) is 5.75. The van der Waals surface area contributed by atoms with E-state index in [1.54, 1.807) is 0 Å². The van der Waals surface area contributed by atoms with E-state index >= 15 is 0 Å². The van der Waals surface area contributed by atoms with Gasteiger partial charge in [-0.1, -0.05) is 0 Å². The number of rotatable bonds is 0. The van der Waals surface area contributed by atoms with Crippen LogP contribution in [0.25, 0.3) is 0 Å². The molecular weight excluding hydrogens is 250 g/mol. The van der Waals surface area contributed by atoms with Crippen LogP contribution in [0.3, 0.4) is 0 Å². The van der Waals surface area contributed by atoms with Crippen LogP contribution in [0, 0.1) is 0 Å². The molecule has 0 unspecified atom stereocenters. The van der Waals surface area contributed by atoms with Gasteiger partial charge in [-0.2, -0.15) is 0 Å². The zero-order valence-corrected chi connectivity index (χ0v) is 13.9. The Labute approximate surface area is 108 Å². The highest BCUT2D eigenvalue weighted by Crippen LogP contribution is 2.41. The van der Waals surface area contributed by atoms with E-state index in [1.165, 1.54) is 0 Å². The number of quaternary nitrogens is 1. The lowest BCUT2D eigenvalue weighted by atomic mass is 9.83. The lowest BCUT2D eigenvalue weighted by molar-refractivity contribution is -1.03. The largest absolute Gasteiger partial charge is 1.00 e. The van der Waals surface area contributed by atoms with Gasteiger partial charge in [-0.05, 0) is 62.3 Å². The fourth-order valence-electron chi connectivity index (χ4n) is 3.02. The quantitative estimate of drug-likeness (QED) is 0.577. The molecule has 0 heterocycles. The van der Waals surface area contributed by atoms with Crippen LogP contribution in [0.15, 0.2) is 0 Å². The Hall–Kier alpha value is 0.440. The van der Waals surface area contributed by atoms with Gasteiger partial charge in [0.15, 0.2) is 0 Å². The van der Waals surface area contributed by atoms with Crippen LogP contribution in [0.4, 0.5) is 0 Å². The minimum atomic E-state index is 0. The van der Waals surface area contributed by atoms with Gasteiger partial charge < -0.3 is 21.5 Å². The van der Waals surface area contributed by atoms with Gasteiger partial charge in [0.25, 0.3) is 0 Å². The number of hydrogen-bond acceptors (Lipinski definition) is 0. The van der Waals surface area contributed by atoms with Crippen LogP contribution >= 0.6 is 0 Å². The maximum atomic E-state index is 2.38. The maximum Gasteiger partial charge on any atom is 0.0912 e. The fraction of sp³-hybridized carbons (Fsp3) is 1.00. The molecule has 1 nitrogen and oxygen atoms in total. The zero-order chi connectivity index (χ0) is 12.0. The van der Waals surface area contributed by atoms with E-state index in [2.05, 4.69) is 69.4 Å². The van der Waals surface area contributed by atoms with Gasteiger partial charge in [-0.25, -0.2) is 0 Å². The summed E-state index contributed by atoms with van der Waals surface area (Å²) in [6.07, 6.45) is 0. The molecule has 0 aromatic rings. The summed E-state index contributed by atoms with van der Waals surface area (Å²) in [7, 11) is 2.38. The molecule has 2 heteroatoms. The third-order valence-corrected chi connectivity index (χ3v) is 4.02. The Bertz CT molecular complexity index is 164. The van der Waals surface area contributed by atoms with E-state index in [0.29, 0.717) is 0 Å². The predicted octanol–water partition coefficient (Wildman–Crippen LogP) is 0.833. The van der Waals surface area contributed by atoms with Crippen LogP contribution in [0.1, 0.15) is 62.3 Å². The second kappa shape index (κ2) is 4.37. The fourth-order valence-corrected chi connectivity index (χ4v) is 3.02. The molecule has 0 aliphatic heterocycles. The molecule has 0 saturated carbocycles. The van der Waals surface area contributed by atoms with Crippen molar-refractivity contribution < 1.29 is 21.5 Å². The lowest BCUT2D eigenvalue weighted by Gasteiger charge is -2.61. The summed E-state index contributed by atoms with van der Waals surface area (Å²) in [6.45, 7) is 21.0. The van der Waals surface area contributed by atoms with Crippen molar-refractivity contribution in [3.8, 4) is 0 Å². The molecular formula is C13H30BrN.